The molecule has 23 heavy (non-hydrogen) atoms. The number of carbonyl (C=O) groups is 1. The Morgan fingerprint density at radius 1 is 1.35 bits per heavy atom. The number of piperidine rings is 1. The Balaban J connectivity index is 1.78. The molecule has 0 spiro atoms. The number of halogens is 1. The third-order valence-corrected chi connectivity index (χ3v) is 5.04. The summed E-state index contributed by atoms with van der Waals surface area (Å²) in [6.07, 6.45) is 6.30. The van der Waals surface area contributed by atoms with Gasteiger partial charge in [-0.05, 0) is 35.7 Å². The predicted octanol–water partition coefficient (Wildman–Crippen LogP) is 3.91. The van der Waals surface area contributed by atoms with E-state index >= 15 is 0 Å². The van der Waals surface area contributed by atoms with Gasteiger partial charge in [0.25, 0.3) is 0 Å². The van der Waals surface area contributed by atoms with E-state index in [0.717, 1.165) is 43.4 Å². The Bertz CT molecular complexity index is 515. The average molecular weight is 380 g/mol. The first kappa shape index (κ1) is 18.4. The zero-order chi connectivity index (χ0) is 16.5. The van der Waals surface area contributed by atoms with Crippen LogP contribution in [0.2, 0.25) is 0 Å². The van der Waals surface area contributed by atoms with Crippen LogP contribution in [-0.2, 0) is 11.3 Å². The standard InChI is InChI=1S/C19H26BrNO2/c20-18(10-5-13-22)9-4-8-17-15-21(12-11-19(17)23)14-16-6-2-1-3-7-16/h1-3,6-7,10,17,22H,4-5,8-9,11-15H2/b18-10+. The Morgan fingerprint density at radius 2 is 2.13 bits per heavy atom. The molecule has 2 rings (SSSR count). The Kier molecular flexibility index (Phi) is 8.00. The molecule has 3 nitrogen and oxygen atoms in total. The van der Waals surface area contributed by atoms with Crippen molar-refractivity contribution in [1.29, 1.82) is 0 Å². The first-order chi connectivity index (χ1) is 11.2. The van der Waals surface area contributed by atoms with Crippen LogP contribution in [0.15, 0.2) is 40.9 Å². The molecule has 0 aromatic heterocycles. The van der Waals surface area contributed by atoms with Crippen LogP contribution in [0, 0.1) is 5.92 Å². The number of nitrogens with zero attached hydrogens (tertiary/aromatic N) is 1. The Morgan fingerprint density at radius 3 is 2.87 bits per heavy atom. The van der Waals surface area contributed by atoms with Gasteiger partial charge in [-0.2, -0.15) is 0 Å². The highest BCUT2D eigenvalue weighted by molar-refractivity contribution is 9.11. The molecule has 4 heteroatoms. The zero-order valence-corrected chi connectivity index (χ0v) is 15.2. The highest BCUT2D eigenvalue weighted by Crippen LogP contribution is 2.23. The number of benzene rings is 1. The van der Waals surface area contributed by atoms with Crippen molar-refractivity contribution in [2.45, 2.75) is 38.6 Å². The summed E-state index contributed by atoms with van der Waals surface area (Å²) >= 11 is 3.53. The smallest absolute Gasteiger partial charge is 0.138 e. The molecule has 0 bridgehead atoms. The van der Waals surface area contributed by atoms with Gasteiger partial charge >= 0.3 is 0 Å². The lowest BCUT2D eigenvalue weighted by Gasteiger charge is -2.31. The van der Waals surface area contributed by atoms with Gasteiger partial charge in [-0.15, -0.1) is 0 Å². The molecule has 0 amide bonds. The number of likely N-dealkylation sites (tertiary alicyclic amines) is 1. The molecule has 0 saturated carbocycles. The second kappa shape index (κ2) is 10.0. The lowest BCUT2D eigenvalue weighted by molar-refractivity contribution is -0.126. The largest absolute Gasteiger partial charge is 0.396 e. The summed E-state index contributed by atoms with van der Waals surface area (Å²) in [5.74, 6) is 0.593. The van der Waals surface area contributed by atoms with Gasteiger partial charge in [-0.25, -0.2) is 0 Å². The molecule has 126 valence electrons. The van der Waals surface area contributed by atoms with Crippen molar-refractivity contribution in [3.63, 3.8) is 0 Å². The van der Waals surface area contributed by atoms with E-state index in [1.54, 1.807) is 0 Å². The van der Waals surface area contributed by atoms with E-state index in [2.05, 4.69) is 45.1 Å². The molecule has 1 atom stereocenters. The number of allylic oxidation sites excluding steroid dienone is 1. The highest BCUT2D eigenvalue weighted by atomic mass is 79.9. The van der Waals surface area contributed by atoms with Crippen molar-refractivity contribution < 1.29 is 9.90 Å². The van der Waals surface area contributed by atoms with Crippen LogP contribution in [-0.4, -0.2) is 35.5 Å². The summed E-state index contributed by atoms with van der Waals surface area (Å²) in [6.45, 7) is 2.88. The van der Waals surface area contributed by atoms with E-state index in [-0.39, 0.29) is 12.5 Å². The summed E-state index contributed by atoms with van der Waals surface area (Å²) in [5, 5.41) is 8.81. The second-order valence-electron chi connectivity index (χ2n) is 6.19. The topological polar surface area (TPSA) is 40.5 Å². The fourth-order valence-corrected chi connectivity index (χ4v) is 3.56. The molecule has 1 aliphatic rings. The lowest BCUT2D eigenvalue weighted by Crippen LogP contribution is -2.40. The van der Waals surface area contributed by atoms with Gasteiger partial charge in [0.2, 0.25) is 0 Å². The number of ketones is 1. The number of Topliss-reactive ketones (excluding diaryl/α,β-unsaturated/α-hetero) is 1. The van der Waals surface area contributed by atoms with Crippen LogP contribution < -0.4 is 0 Å². The number of rotatable bonds is 8. The summed E-state index contributed by atoms with van der Waals surface area (Å²) in [5.41, 5.74) is 1.32. The number of aliphatic hydroxyl groups excluding tert-OH is 1. The molecule has 1 aliphatic heterocycles. The fraction of sp³-hybridized carbons (Fsp3) is 0.526. The van der Waals surface area contributed by atoms with Crippen LogP contribution in [0.25, 0.3) is 0 Å². The maximum absolute atomic E-state index is 12.2. The van der Waals surface area contributed by atoms with Gasteiger partial charge in [0.1, 0.15) is 5.78 Å². The van der Waals surface area contributed by atoms with Crippen molar-refractivity contribution in [3.8, 4) is 0 Å². The summed E-state index contributed by atoms with van der Waals surface area (Å²) in [6, 6.07) is 10.5. The summed E-state index contributed by atoms with van der Waals surface area (Å²) in [4.78, 5) is 14.6. The number of carbonyl (C=O) groups excluding carboxylic acids is 1. The van der Waals surface area contributed by atoms with Gasteiger partial charge in [0.05, 0.1) is 0 Å². The van der Waals surface area contributed by atoms with E-state index in [9.17, 15) is 4.79 Å². The van der Waals surface area contributed by atoms with Crippen molar-refractivity contribution in [3.05, 3.63) is 46.5 Å². The predicted molar refractivity (Wildman–Crippen MR) is 97.4 cm³/mol. The molecule has 1 unspecified atom stereocenters. The minimum absolute atomic E-state index is 0.172. The molecule has 1 saturated heterocycles. The van der Waals surface area contributed by atoms with Crippen molar-refractivity contribution in [2.24, 2.45) is 5.92 Å². The molecule has 1 heterocycles. The number of aliphatic hydroxyl groups is 1. The maximum atomic E-state index is 12.2. The Labute approximate surface area is 147 Å². The van der Waals surface area contributed by atoms with Gasteiger partial charge < -0.3 is 5.11 Å². The SMILES string of the molecule is O=C1CCN(Cc2ccccc2)CC1CCC/C(Br)=C\CCO. The van der Waals surface area contributed by atoms with Gasteiger partial charge in [-0.1, -0.05) is 52.3 Å². The minimum Gasteiger partial charge on any atom is -0.396 e. The molecule has 1 aromatic carbocycles. The zero-order valence-electron chi connectivity index (χ0n) is 13.6. The van der Waals surface area contributed by atoms with Gasteiger partial charge in [0.15, 0.2) is 0 Å². The average Bonchev–Trinajstić information content (AvgIpc) is 2.57. The second-order valence-corrected chi connectivity index (χ2v) is 7.21. The highest BCUT2D eigenvalue weighted by Gasteiger charge is 2.26. The minimum atomic E-state index is 0.172. The van der Waals surface area contributed by atoms with E-state index in [0.29, 0.717) is 18.6 Å². The lowest BCUT2D eigenvalue weighted by atomic mass is 9.91. The van der Waals surface area contributed by atoms with Crippen LogP contribution >= 0.6 is 15.9 Å². The van der Waals surface area contributed by atoms with E-state index < -0.39 is 0 Å². The van der Waals surface area contributed by atoms with Crippen molar-refractivity contribution in [1.82, 2.24) is 4.90 Å². The fourth-order valence-electron chi connectivity index (χ4n) is 3.06. The van der Waals surface area contributed by atoms with Gasteiger partial charge in [0, 0.05) is 38.6 Å². The number of hydrogen-bond donors (Lipinski definition) is 1. The van der Waals surface area contributed by atoms with Crippen molar-refractivity contribution in [2.75, 3.05) is 19.7 Å². The molecule has 0 radical (unpaired) electrons. The first-order valence-corrected chi connectivity index (χ1v) is 9.22. The molecule has 1 N–H and O–H groups in total. The molecule has 1 aromatic rings. The van der Waals surface area contributed by atoms with Crippen LogP contribution in [0.5, 0.6) is 0 Å². The third-order valence-electron chi connectivity index (χ3n) is 4.32. The van der Waals surface area contributed by atoms with Crippen LogP contribution in [0.4, 0.5) is 0 Å². The third kappa shape index (κ3) is 6.58. The van der Waals surface area contributed by atoms with E-state index in [1.165, 1.54) is 5.56 Å². The number of hydrogen-bond acceptors (Lipinski definition) is 3. The molecule has 0 aliphatic carbocycles. The van der Waals surface area contributed by atoms with Crippen molar-refractivity contribution >= 4 is 21.7 Å². The molecular weight excluding hydrogens is 354 g/mol. The summed E-state index contributed by atoms with van der Waals surface area (Å²) < 4.78 is 1.14. The van der Waals surface area contributed by atoms with Gasteiger partial charge in [-0.3, -0.25) is 9.69 Å². The maximum Gasteiger partial charge on any atom is 0.138 e. The summed E-state index contributed by atoms with van der Waals surface area (Å²) in [7, 11) is 0. The molecular formula is C19H26BrNO2. The monoisotopic (exact) mass is 379 g/mol. The normalized spacial score (nSPS) is 20.0. The van der Waals surface area contributed by atoms with Crippen LogP contribution in [0.3, 0.4) is 0 Å². The first-order valence-electron chi connectivity index (χ1n) is 8.43. The quantitative estimate of drug-likeness (QED) is 0.744. The Hall–Kier alpha value is -0.970. The molecule has 1 fully saturated rings. The van der Waals surface area contributed by atoms with E-state index in [1.807, 2.05) is 12.1 Å². The van der Waals surface area contributed by atoms with E-state index in [4.69, 9.17) is 5.11 Å². The van der Waals surface area contributed by atoms with Crippen LogP contribution in [0.1, 0.15) is 37.7 Å².